The molecule has 0 N–H and O–H groups in total. The molecule has 0 bridgehead atoms. The lowest BCUT2D eigenvalue weighted by atomic mass is 10.0. The van der Waals surface area contributed by atoms with Gasteiger partial charge >= 0.3 is 6.16 Å². The minimum atomic E-state index is -1.62. The van der Waals surface area contributed by atoms with Gasteiger partial charge in [-0.15, -0.1) is 4.39 Å². The highest BCUT2D eigenvalue weighted by Gasteiger charge is 2.09. The summed E-state index contributed by atoms with van der Waals surface area (Å²) in [5.74, 6) is 0.106. The first-order valence-electron chi connectivity index (χ1n) is 6.40. The zero-order chi connectivity index (χ0) is 16.0. The summed E-state index contributed by atoms with van der Waals surface area (Å²) in [7, 11) is 1.23. The molecule has 0 radical (unpaired) electrons. The average Bonchev–Trinajstić information content (AvgIpc) is 2.38. The molecule has 0 saturated carbocycles. The Morgan fingerprint density at radius 2 is 2.14 bits per heavy atom. The van der Waals surface area contributed by atoms with E-state index in [1.54, 1.807) is 6.07 Å². The molecule has 1 aromatic carbocycles. The normalized spacial score (nSPS) is 11.7. The van der Waals surface area contributed by atoms with E-state index < -0.39 is 12.0 Å². The first-order valence-corrected chi connectivity index (χ1v) is 7.13. The molecule has 1 aromatic rings. The fraction of sp³-hybridized carbons (Fsp3) is 0.429. The average molecular weight is 316 g/mol. The Balaban J connectivity index is 2.70. The molecule has 0 spiro atoms. The molecule has 0 unspecified atom stereocenters. The van der Waals surface area contributed by atoms with E-state index in [4.69, 9.17) is 4.74 Å². The molecule has 0 atom stereocenters. The second kappa shape index (κ2) is 7.97. The van der Waals surface area contributed by atoms with E-state index in [2.05, 4.69) is 18.2 Å². The van der Waals surface area contributed by atoms with Crippen molar-refractivity contribution in [2.24, 2.45) is 10.3 Å². The predicted octanol–water partition coefficient (Wildman–Crippen LogP) is 4.41. The molecule has 0 aromatic heterocycles. The minimum Gasteiger partial charge on any atom is -0.440 e. The van der Waals surface area contributed by atoms with Gasteiger partial charge in [-0.3, -0.25) is 0 Å². The van der Waals surface area contributed by atoms with Crippen LogP contribution in [0.15, 0.2) is 22.6 Å². The lowest BCUT2D eigenvalue weighted by Gasteiger charge is -2.10. The van der Waals surface area contributed by atoms with Gasteiger partial charge in [0, 0.05) is 14.0 Å². The predicted molar refractivity (Wildman–Crippen MR) is 80.5 cm³/mol. The van der Waals surface area contributed by atoms with E-state index in [-0.39, 0.29) is 11.6 Å². The summed E-state index contributed by atoms with van der Waals surface area (Å²) < 4.78 is 35.8. The fourth-order valence-electron chi connectivity index (χ4n) is 1.55. The van der Waals surface area contributed by atoms with Gasteiger partial charge in [0.15, 0.2) is 11.6 Å². The van der Waals surface area contributed by atoms with Gasteiger partial charge in [-0.2, -0.15) is 4.40 Å². The smallest absolute Gasteiger partial charge is 0.411 e. The maximum atomic E-state index is 13.9. The molecule has 0 aliphatic rings. The van der Waals surface area contributed by atoms with E-state index >= 15 is 0 Å². The number of nitrogens with zero attached hydrogens (tertiary/aromatic N) is 2. The van der Waals surface area contributed by atoms with Crippen LogP contribution in [-0.4, -0.2) is 23.4 Å². The van der Waals surface area contributed by atoms with Crippen LogP contribution in [0.4, 0.5) is 13.6 Å². The molecule has 0 aliphatic heterocycles. The highest BCUT2D eigenvalue weighted by Crippen LogP contribution is 2.21. The molecule has 4 nitrogen and oxygen atoms in total. The highest BCUT2D eigenvalue weighted by molar-refractivity contribution is 7.96. The monoisotopic (exact) mass is 316 g/mol. The van der Waals surface area contributed by atoms with Gasteiger partial charge in [-0.1, -0.05) is 19.9 Å². The van der Waals surface area contributed by atoms with Crippen molar-refractivity contribution in [3.8, 4) is 5.75 Å². The van der Waals surface area contributed by atoms with Gasteiger partial charge in [0.25, 0.3) is 0 Å². The number of carbonyl (C=O) groups is 1. The quantitative estimate of drug-likeness (QED) is 0.266. The van der Waals surface area contributed by atoms with Crippen molar-refractivity contribution in [3.05, 3.63) is 29.6 Å². The number of ether oxygens (including phenoxy) is 1. The lowest BCUT2D eigenvalue weighted by molar-refractivity contribution is 0.209. The van der Waals surface area contributed by atoms with Crippen LogP contribution in [0.2, 0.25) is 0 Å². The molecule has 0 aliphatic carbocycles. The maximum Gasteiger partial charge on any atom is 0.411 e. The first kappa shape index (κ1) is 17.4. The molecular weight excluding hydrogens is 298 g/mol. The summed E-state index contributed by atoms with van der Waals surface area (Å²) in [4.78, 5) is 10.4. The number of hydrogen-bond donors (Lipinski definition) is 0. The van der Waals surface area contributed by atoms with Gasteiger partial charge < -0.3 is 4.74 Å². The van der Waals surface area contributed by atoms with Gasteiger partial charge in [-0.25, -0.2) is 13.5 Å². The van der Waals surface area contributed by atoms with Crippen LogP contribution in [0, 0.1) is 11.7 Å². The van der Waals surface area contributed by atoms with E-state index in [1.807, 2.05) is 0 Å². The number of benzene rings is 1. The van der Waals surface area contributed by atoms with Gasteiger partial charge in [0.2, 0.25) is 5.90 Å². The molecule has 7 heteroatoms. The second-order valence-electron chi connectivity index (χ2n) is 4.91. The van der Waals surface area contributed by atoms with Crippen molar-refractivity contribution in [2.45, 2.75) is 27.2 Å². The summed E-state index contributed by atoms with van der Waals surface area (Å²) in [5, 5.41) is 0. The number of rotatable bonds is 5. The SMILES string of the molecule is C/C(=N\SN(C)C(=O)F)Oc1ccc(CC(C)C)cc1F. The van der Waals surface area contributed by atoms with Gasteiger partial charge in [0.1, 0.15) is 12.1 Å². The number of hydrogen-bond acceptors (Lipinski definition) is 4. The van der Waals surface area contributed by atoms with Gasteiger partial charge in [0.05, 0.1) is 0 Å². The Hall–Kier alpha value is -1.63. The fourth-order valence-corrected chi connectivity index (χ4v) is 1.89. The topological polar surface area (TPSA) is 41.9 Å². The van der Waals surface area contributed by atoms with Crippen molar-refractivity contribution < 1.29 is 18.3 Å². The third-order valence-electron chi connectivity index (χ3n) is 2.44. The Labute approximate surface area is 127 Å². The standard InChI is InChI=1S/C14H18F2N2O2S/c1-9(2)7-11-5-6-13(12(15)8-11)20-10(3)17-21-18(4)14(16)19/h5-6,8-9H,7H2,1-4H3/b17-10+. The summed E-state index contributed by atoms with van der Waals surface area (Å²) >= 11 is 0.579. The first-order chi connectivity index (χ1) is 9.79. The zero-order valence-corrected chi connectivity index (χ0v) is 13.2. The van der Waals surface area contributed by atoms with Crippen molar-refractivity contribution in [1.29, 1.82) is 0 Å². The highest BCUT2D eigenvalue weighted by atomic mass is 32.2. The number of halogens is 2. The Bertz CT molecular complexity index is 536. The van der Waals surface area contributed by atoms with E-state index in [0.29, 0.717) is 22.4 Å². The molecule has 0 heterocycles. The summed E-state index contributed by atoms with van der Waals surface area (Å²) in [6.45, 7) is 5.60. The molecule has 0 fully saturated rings. The van der Waals surface area contributed by atoms with E-state index in [1.165, 1.54) is 26.1 Å². The maximum absolute atomic E-state index is 13.9. The third-order valence-corrected chi connectivity index (χ3v) is 3.16. The molecule has 0 saturated heterocycles. The van der Waals surface area contributed by atoms with Crippen LogP contribution < -0.4 is 4.74 Å². The largest absolute Gasteiger partial charge is 0.440 e. The van der Waals surface area contributed by atoms with Crippen LogP contribution in [0.25, 0.3) is 0 Å². The lowest BCUT2D eigenvalue weighted by Crippen LogP contribution is -2.12. The van der Waals surface area contributed by atoms with E-state index in [0.717, 1.165) is 12.0 Å². The van der Waals surface area contributed by atoms with Crippen LogP contribution in [0.3, 0.4) is 0 Å². The summed E-state index contributed by atoms with van der Waals surface area (Å²) in [5.41, 5.74) is 0.890. The molecule has 116 valence electrons. The molecule has 1 rings (SSSR count). The molecule has 1 amide bonds. The van der Waals surface area contributed by atoms with Crippen LogP contribution >= 0.6 is 12.1 Å². The third kappa shape index (κ3) is 6.12. The second-order valence-corrected chi connectivity index (χ2v) is 5.80. The Morgan fingerprint density at radius 1 is 1.48 bits per heavy atom. The Kier molecular flexibility index (Phi) is 6.61. The van der Waals surface area contributed by atoms with Crippen molar-refractivity contribution >= 4 is 24.2 Å². The van der Waals surface area contributed by atoms with E-state index in [9.17, 15) is 13.6 Å². The molecular formula is C14H18F2N2O2S. The van der Waals surface area contributed by atoms with Crippen LogP contribution in [0.5, 0.6) is 5.75 Å². The van der Waals surface area contributed by atoms with Gasteiger partial charge in [-0.05, 0) is 30.0 Å². The number of carbonyl (C=O) groups excluding carboxylic acids is 1. The summed E-state index contributed by atoms with van der Waals surface area (Å²) in [6, 6.07) is 4.74. The molecule has 21 heavy (non-hydrogen) atoms. The Morgan fingerprint density at radius 3 is 2.67 bits per heavy atom. The van der Waals surface area contributed by atoms with Crippen LogP contribution in [-0.2, 0) is 6.42 Å². The van der Waals surface area contributed by atoms with Crippen molar-refractivity contribution in [2.75, 3.05) is 7.05 Å². The minimum absolute atomic E-state index is 0.0404. The zero-order valence-electron chi connectivity index (χ0n) is 12.4. The van der Waals surface area contributed by atoms with Crippen LogP contribution in [0.1, 0.15) is 26.3 Å². The summed E-state index contributed by atoms with van der Waals surface area (Å²) in [6.07, 6.45) is -0.843. The van der Waals surface area contributed by atoms with Crippen molar-refractivity contribution in [3.63, 3.8) is 0 Å². The number of amides is 1. The van der Waals surface area contributed by atoms with Crippen molar-refractivity contribution in [1.82, 2.24) is 4.31 Å².